The van der Waals surface area contributed by atoms with E-state index in [0.717, 1.165) is 25.1 Å². The molecule has 1 aliphatic heterocycles. The van der Waals surface area contributed by atoms with Crippen LogP contribution in [-0.2, 0) is 15.9 Å². The number of anilines is 1. The van der Waals surface area contributed by atoms with Gasteiger partial charge in [-0.15, -0.1) is 0 Å². The molecule has 1 heterocycles. The Labute approximate surface area is 101 Å². The van der Waals surface area contributed by atoms with Crippen LogP contribution >= 0.6 is 0 Å². The number of ether oxygens (including phenoxy) is 2. The van der Waals surface area contributed by atoms with Crippen LogP contribution in [0, 0.1) is 0 Å². The summed E-state index contributed by atoms with van der Waals surface area (Å²) in [4.78, 5) is 11.7. The van der Waals surface area contributed by atoms with Crippen molar-refractivity contribution in [1.82, 2.24) is 0 Å². The first-order valence-corrected chi connectivity index (χ1v) is 5.84. The molecule has 1 aromatic rings. The Balaban J connectivity index is 1.91. The van der Waals surface area contributed by atoms with Crippen LogP contribution < -0.4 is 5.32 Å². The van der Waals surface area contributed by atoms with E-state index in [9.17, 15) is 4.79 Å². The zero-order valence-corrected chi connectivity index (χ0v) is 9.99. The van der Waals surface area contributed by atoms with Crippen molar-refractivity contribution in [3.05, 3.63) is 29.3 Å². The molecule has 0 aliphatic carbocycles. The summed E-state index contributed by atoms with van der Waals surface area (Å²) in [5, 5.41) is 3.24. The number of methoxy groups -OCH3 is 1. The summed E-state index contributed by atoms with van der Waals surface area (Å²) in [6, 6.07) is 5.67. The molecule has 2 rings (SSSR count). The maximum absolute atomic E-state index is 11.7. The van der Waals surface area contributed by atoms with Crippen LogP contribution in [0.15, 0.2) is 18.2 Å². The second-order valence-corrected chi connectivity index (χ2v) is 4.03. The van der Waals surface area contributed by atoms with Gasteiger partial charge in [0.05, 0.1) is 12.2 Å². The van der Waals surface area contributed by atoms with Crippen molar-refractivity contribution in [2.24, 2.45) is 0 Å². The van der Waals surface area contributed by atoms with Crippen LogP contribution in [0.1, 0.15) is 22.3 Å². The van der Waals surface area contributed by atoms with E-state index in [1.165, 1.54) is 5.56 Å². The standard InChI is InChI=1S/C13H17NO3/c1-16-7-2-8-17-13(15)11-4-3-10-5-6-14-12(10)9-11/h3-4,9,14H,2,5-8H2,1H3. The third-order valence-electron chi connectivity index (χ3n) is 2.78. The van der Waals surface area contributed by atoms with Gasteiger partial charge in [-0.1, -0.05) is 6.07 Å². The summed E-state index contributed by atoms with van der Waals surface area (Å²) in [7, 11) is 1.63. The lowest BCUT2D eigenvalue weighted by molar-refractivity contribution is 0.0468. The SMILES string of the molecule is COCCCOC(=O)c1ccc2c(c1)NCC2. The van der Waals surface area contributed by atoms with Gasteiger partial charge in [-0.05, 0) is 24.1 Å². The van der Waals surface area contributed by atoms with Crippen molar-refractivity contribution >= 4 is 11.7 Å². The van der Waals surface area contributed by atoms with Crippen molar-refractivity contribution in [3.8, 4) is 0 Å². The van der Waals surface area contributed by atoms with Crippen LogP contribution in [0.25, 0.3) is 0 Å². The molecule has 1 aromatic carbocycles. The van der Waals surface area contributed by atoms with E-state index in [0.29, 0.717) is 18.8 Å². The van der Waals surface area contributed by atoms with Crippen LogP contribution in [0.2, 0.25) is 0 Å². The minimum Gasteiger partial charge on any atom is -0.462 e. The number of carbonyl (C=O) groups is 1. The van der Waals surface area contributed by atoms with E-state index in [4.69, 9.17) is 9.47 Å². The highest BCUT2D eigenvalue weighted by Crippen LogP contribution is 2.23. The van der Waals surface area contributed by atoms with Gasteiger partial charge in [0.15, 0.2) is 0 Å². The highest BCUT2D eigenvalue weighted by Gasteiger charge is 2.13. The normalized spacial score (nSPS) is 13.0. The van der Waals surface area contributed by atoms with Gasteiger partial charge in [0.2, 0.25) is 0 Å². The van der Waals surface area contributed by atoms with Crippen molar-refractivity contribution < 1.29 is 14.3 Å². The average Bonchev–Trinajstić information content (AvgIpc) is 2.81. The summed E-state index contributed by atoms with van der Waals surface area (Å²) >= 11 is 0. The summed E-state index contributed by atoms with van der Waals surface area (Å²) in [6.45, 7) is 1.96. The summed E-state index contributed by atoms with van der Waals surface area (Å²) < 4.78 is 10.0. The van der Waals surface area contributed by atoms with E-state index >= 15 is 0 Å². The average molecular weight is 235 g/mol. The Bertz CT molecular complexity index is 404. The predicted molar refractivity (Wildman–Crippen MR) is 65.4 cm³/mol. The first-order chi connectivity index (χ1) is 8.31. The van der Waals surface area contributed by atoms with Crippen molar-refractivity contribution in [2.45, 2.75) is 12.8 Å². The molecule has 0 bridgehead atoms. The van der Waals surface area contributed by atoms with E-state index in [1.807, 2.05) is 18.2 Å². The molecule has 0 unspecified atom stereocenters. The highest BCUT2D eigenvalue weighted by atomic mass is 16.5. The van der Waals surface area contributed by atoms with Crippen molar-refractivity contribution in [2.75, 3.05) is 32.2 Å². The van der Waals surface area contributed by atoms with Gasteiger partial charge in [-0.25, -0.2) is 4.79 Å². The summed E-state index contributed by atoms with van der Waals surface area (Å²) in [6.07, 6.45) is 1.75. The van der Waals surface area contributed by atoms with Gasteiger partial charge in [-0.2, -0.15) is 0 Å². The van der Waals surface area contributed by atoms with Gasteiger partial charge >= 0.3 is 5.97 Å². The fourth-order valence-electron chi connectivity index (χ4n) is 1.87. The Morgan fingerprint density at radius 3 is 3.12 bits per heavy atom. The monoisotopic (exact) mass is 235 g/mol. The van der Waals surface area contributed by atoms with E-state index in [2.05, 4.69) is 5.32 Å². The molecule has 0 saturated carbocycles. The first kappa shape index (κ1) is 11.9. The second-order valence-electron chi connectivity index (χ2n) is 4.03. The van der Waals surface area contributed by atoms with E-state index in [-0.39, 0.29) is 5.97 Å². The molecule has 1 N–H and O–H groups in total. The molecule has 92 valence electrons. The number of hydrogen-bond donors (Lipinski definition) is 1. The molecule has 4 nitrogen and oxygen atoms in total. The number of carbonyl (C=O) groups excluding carboxylic acids is 1. The molecule has 1 aliphatic rings. The Kier molecular flexibility index (Phi) is 3.98. The number of nitrogens with one attached hydrogen (secondary N) is 1. The Hall–Kier alpha value is -1.55. The second kappa shape index (κ2) is 5.68. The highest BCUT2D eigenvalue weighted by molar-refractivity contribution is 5.91. The third-order valence-corrected chi connectivity index (χ3v) is 2.78. The maximum Gasteiger partial charge on any atom is 0.338 e. The van der Waals surface area contributed by atoms with Crippen LogP contribution in [0.3, 0.4) is 0 Å². The lowest BCUT2D eigenvalue weighted by Crippen LogP contribution is -2.08. The zero-order valence-electron chi connectivity index (χ0n) is 9.99. The molecular formula is C13H17NO3. The molecule has 0 atom stereocenters. The molecule has 0 amide bonds. The number of rotatable bonds is 5. The minimum atomic E-state index is -0.266. The predicted octanol–water partition coefficient (Wildman–Crippen LogP) is 1.85. The molecule has 0 saturated heterocycles. The third kappa shape index (κ3) is 2.97. The summed E-state index contributed by atoms with van der Waals surface area (Å²) in [5.41, 5.74) is 2.92. The number of esters is 1. The fraction of sp³-hybridized carbons (Fsp3) is 0.462. The molecule has 17 heavy (non-hydrogen) atoms. The van der Waals surface area contributed by atoms with Gasteiger partial charge in [-0.3, -0.25) is 0 Å². The van der Waals surface area contributed by atoms with Crippen molar-refractivity contribution in [1.29, 1.82) is 0 Å². The van der Waals surface area contributed by atoms with Gasteiger partial charge < -0.3 is 14.8 Å². The molecular weight excluding hydrogens is 218 g/mol. The van der Waals surface area contributed by atoms with E-state index in [1.54, 1.807) is 7.11 Å². The quantitative estimate of drug-likeness (QED) is 0.625. The maximum atomic E-state index is 11.7. The molecule has 0 radical (unpaired) electrons. The van der Waals surface area contributed by atoms with Crippen LogP contribution in [0.4, 0.5) is 5.69 Å². The lowest BCUT2D eigenvalue weighted by Gasteiger charge is -2.06. The zero-order chi connectivity index (χ0) is 12.1. The van der Waals surface area contributed by atoms with Gasteiger partial charge in [0, 0.05) is 32.4 Å². The topological polar surface area (TPSA) is 47.6 Å². The lowest BCUT2D eigenvalue weighted by atomic mass is 10.1. The Morgan fingerprint density at radius 1 is 1.41 bits per heavy atom. The van der Waals surface area contributed by atoms with Crippen molar-refractivity contribution in [3.63, 3.8) is 0 Å². The van der Waals surface area contributed by atoms with E-state index < -0.39 is 0 Å². The minimum absolute atomic E-state index is 0.266. The first-order valence-electron chi connectivity index (χ1n) is 5.84. The fourth-order valence-corrected chi connectivity index (χ4v) is 1.87. The Morgan fingerprint density at radius 2 is 2.29 bits per heavy atom. The van der Waals surface area contributed by atoms with Gasteiger partial charge in [0.1, 0.15) is 0 Å². The smallest absolute Gasteiger partial charge is 0.338 e. The molecule has 0 fully saturated rings. The largest absolute Gasteiger partial charge is 0.462 e. The van der Waals surface area contributed by atoms with Crippen LogP contribution in [-0.4, -0.2) is 32.8 Å². The molecule has 0 spiro atoms. The molecule has 4 heteroatoms. The number of fused-ring (bicyclic) bond motifs is 1. The number of hydrogen-bond acceptors (Lipinski definition) is 4. The van der Waals surface area contributed by atoms with Crippen LogP contribution in [0.5, 0.6) is 0 Å². The summed E-state index contributed by atoms with van der Waals surface area (Å²) in [5.74, 6) is -0.266. The molecule has 0 aromatic heterocycles. The number of benzene rings is 1. The van der Waals surface area contributed by atoms with Gasteiger partial charge in [0.25, 0.3) is 0 Å².